The Morgan fingerprint density at radius 3 is 2.33 bits per heavy atom. The highest BCUT2D eigenvalue weighted by Gasteiger charge is 2.15. The Kier molecular flexibility index (Phi) is 6.82. The predicted octanol–water partition coefficient (Wildman–Crippen LogP) is 3.45. The van der Waals surface area contributed by atoms with Crippen LogP contribution >= 0.6 is 0 Å². The number of rotatable bonds is 9. The number of aliphatic carboxylic acids is 1. The standard InChI is InChI=1S/C20H25NO3/c1-16(20(22)23)21(2)13-6-14-24-19-11-9-18(10-12-19)15-17-7-4-3-5-8-17/h3-5,7-12,16H,6,13-15H2,1-2H3,(H,22,23). The molecule has 2 rings (SSSR count). The summed E-state index contributed by atoms with van der Waals surface area (Å²) >= 11 is 0. The molecule has 0 radical (unpaired) electrons. The Morgan fingerprint density at radius 1 is 1.08 bits per heavy atom. The Balaban J connectivity index is 1.73. The van der Waals surface area contributed by atoms with Gasteiger partial charge in [-0.2, -0.15) is 0 Å². The van der Waals surface area contributed by atoms with E-state index in [1.807, 2.05) is 30.1 Å². The summed E-state index contributed by atoms with van der Waals surface area (Å²) in [5, 5.41) is 8.95. The molecule has 0 heterocycles. The maximum absolute atomic E-state index is 10.9. The van der Waals surface area contributed by atoms with E-state index in [0.29, 0.717) is 13.2 Å². The summed E-state index contributed by atoms with van der Waals surface area (Å²) in [6.45, 7) is 2.96. The average molecular weight is 327 g/mol. The van der Waals surface area contributed by atoms with E-state index in [-0.39, 0.29) is 0 Å². The number of carboxylic acid groups (broad SMARTS) is 1. The molecule has 0 aromatic heterocycles. The van der Waals surface area contributed by atoms with Gasteiger partial charge in [-0.1, -0.05) is 42.5 Å². The largest absolute Gasteiger partial charge is 0.494 e. The molecule has 0 saturated carbocycles. The first-order chi connectivity index (χ1) is 11.6. The van der Waals surface area contributed by atoms with Crippen LogP contribution in [0.2, 0.25) is 0 Å². The van der Waals surface area contributed by atoms with Crippen molar-refractivity contribution in [3.05, 3.63) is 65.7 Å². The summed E-state index contributed by atoms with van der Waals surface area (Å²) in [5.74, 6) is 0.0492. The molecule has 0 aliphatic carbocycles. The van der Waals surface area contributed by atoms with Crippen molar-refractivity contribution in [1.29, 1.82) is 0 Å². The van der Waals surface area contributed by atoms with Crippen LogP contribution in [0.4, 0.5) is 0 Å². The van der Waals surface area contributed by atoms with Crippen LogP contribution in [-0.2, 0) is 11.2 Å². The zero-order valence-corrected chi connectivity index (χ0v) is 14.3. The normalized spacial score (nSPS) is 12.1. The minimum atomic E-state index is -0.799. The summed E-state index contributed by atoms with van der Waals surface area (Å²) in [6, 6.07) is 18.0. The maximum Gasteiger partial charge on any atom is 0.320 e. The number of hydrogen-bond acceptors (Lipinski definition) is 3. The molecule has 0 saturated heterocycles. The molecule has 0 aliphatic rings. The smallest absolute Gasteiger partial charge is 0.320 e. The molecule has 1 atom stereocenters. The van der Waals surface area contributed by atoms with E-state index in [9.17, 15) is 4.79 Å². The minimum absolute atomic E-state index is 0.470. The summed E-state index contributed by atoms with van der Waals surface area (Å²) in [5.41, 5.74) is 2.55. The van der Waals surface area contributed by atoms with E-state index in [1.54, 1.807) is 6.92 Å². The Bertz CT molecular complexity index is 625. The molecule has 4 heteroatoms. The van der Waals surface area contributed by atoms with E-state index in [0.717, 1.165) is 18.6 Å². The lowest BCUT2D eigenvalue weighted by atomic mass is 10.1. The van der Waals surface area contributed by atoms with Crippen molar-refractivity contribution in [2.45, 2.75) is 25.8 Å². The second kappa shape index (κ2) is 9.08. The zero-order chi connectivity index (χ0) is 17.4. The van der Waals surface area contributed by atoms with Crippen molar-refractivity contribution in [2.24, 2.45) is 0 Å². The van der Waals surface area contributed by atoms with Gasteiger partial charge in [-0.25, -0.2) is 0 Å². The van der Waals surface area contributed by atoms with Gasteiger partial charge in [0, 0.05) is 6.54 Å². The quantitative estimate of drug-likeness (QED) is 0.717. The molecule has 2 aromatic carbocycles. The molecule has 128 valence electrons. The monoisotopic (exact) mass is 327 g/mol. The number of likely N-dealkylation sites (N-methyl/N-ethyl adjacent to an activating group) is 1. The van der Waals surface area contributed by atoms with Crippen molar-refractivity contribution in [2.75, 3.05) is 20.2 Å². The minimum Gasteiger partial charge on any atom is -0.494 e. The van der Waals surface area contributed by atoms with Crippen LogP contribution in [-0.4, -0.2) is 42.2 Å². The summed E-state index contributed by atoms with van der Waals surface area (Å²) in [6.07, 6.45) is 1.71. The van der Waals surface area contributed by atoms with E-state index < -0.39 is 12.0 Å². The van der Waals surface area contributed by atoms with Gasteiger partial charge in [0.15, 0.2) is 0 Å². The summed E-state index contributed by atoms with van der Waals surface area (Å²) in [7, 11) is 1.82. The average Bonchev–Trinajstić information content (AvgIpc) is 2.60. The molecule has 0 amide bonds. The predicted molar refractivity (Wildman–Crippen MR) is 95.5 cm³/mol. The Morgan fingerprint density at radius 2 is 1.71 bits per heavy atom. The molecule has 0 fully saturated rings. The molecule has 0 aliphatic heterocycles. The molecule has 4 nitrogen and oxygen atoms in total. The van der Waals surface area contributed by atoms with Crippen LogP contribution in [0.3, 0.4) is 0 Å². The molecule has 24 heavy (non-hydrogen) atoms. The van der Waals surface area contributed by atoms with E-state index >= 15 is 0 Å². The highest BCUT2D eigenvalue weighted by molar-refractivity contribution is 5.72. The lowest BCUT2D eigenvalue weighted by molar-refractivity contribution is -0.142. The highest BCUT2D eigenvalue weighted by Crippen LogP contribution is 2.15. The first-order valence-electron chi connectivity index (χ1n) is 8.25. The number of benzene rings is 2. The molecule has 0 spiro atoms. The van der Waals surface area contributed by atoms with Crippen LogP contribution in [0.15, 0.2) is 54.6 Å². The fraction of sp³-hybridized carbons (Fsp3) is 0.350. The van der Waals surface area contributed by atoms with Crippen molar-refractivity contribution in [3.63, 3.8) is 0 Å². The van der Waals surface area contributed by atoms with Crippen molar-refractivity contribution in [1.82, 2.24) is 4.90 Å². The van der Waals surface area contributed by atoms with Crippen molar-refractivity contribution >= 4 is 5.97 Å². The lowest BCUT2D eigenvalue weighted by Crippen LogP contribution is -2.36. The number of carbonyl (C=O) groups is 1. The second-order valence-electron chi connectivity index (χ2n) is 6.00. The molecule has 1 N–H and O–H groups in total. The fourth-order valence-electron chi connectivity index (χ4n) is 2.42. The van der Waals surface area contributed by atoms with Gasteiger partial charge in [0.2, 0.25) is 0 Å². The SMILES string of the molecule is CC(C(=O)O)N(C)CCCOc1ccc(Cc2ccccc2)cc1. The summed E-state index contributed by atoms with van der Waals surface area (Å²) < 4.78 is 5.73. The lowest BCUT2D eigenvalue weighted by Gasteiger charge is -2.20. The molecular weight excluding hydrogens is 302 g/mol. The Hall–Kier alpha value is -2.33. The highest BCUT2D eigenvalue weighted by atomic mass is 16.5. The summed E-state index contributed by atoms with van der Waals surface area (Å²) in [4.78, 5) is 12.7. The van der Waals surface area contributed by atoms with E-state index in [2.05, 4.69) is 36.4 Å². The number of carboxylic acids is 1. The molecule has 2 aromatic rings. The van der Waals surface area contributed by atoms with Crippen LogP contribution in [0.1, 0.15) is 24.5 Å². The number of nitrogens with zero attached hydrogens (tertiary/aromatic N) is 1. The first-order valence-corrected chi connectivity index (χ1v) is 8.25. The second-order valence-corrected chi connectivity index (χ2v) is 6.00. The third kappa shape index (κ3) is 5.70. The van der Waals surface area contributed by atoms with Gasteiger partial charge in [0.25, 0.3) is 0 Å². The topological polar surface area (TPSA) is 49.8 Å². The molecule has 1 unspecified atom stereocenters. The Labute approximate surface area is 143 Å². The van der Waals surface area contributed by atoms with E-state index in [1.165, 1.54) is 11.1 Å². The van der Waals surface area contributed by atoms with Gasteiger partial charge in [-0.15, -0.1) is 0 Å². The third-order valence-corrected chi connectivity index (χ3v) is 4.12. The van der Waals surface area contributed by atoms with Gasteiger partial charge in [-0.05, 0) is 50.1 Å². The van der Waals surface area contributed by atoms with Crippen molar-refractivity contribution in [3.8, 4) is 5.75 Å². The first kappa shape index (κ1) is 18.0. The molecule has 0 bridgehead atoms. The van der Waals surface area contributed by atoms with Gasteiger partial charge in [-0.3, -0.25) is 9.69 Å². The van der Waals surface area contributed by atoms with Gasteiger partial charge < -0.3 is 9.84 Å². The third-order valence-electron chi connectivity index (χ3n) is 4.12. The fourth-order valence-corrected chi connectivity index (χ4v) is 2.42. The van der Waals surface area contributed by atoms with Crippen molar-refractivity contribution < 1.29 is 14.6 Å². The van der Waals surface area contributed by atoms with Gasteiger partial charge >= 0.3 is 5.97 Å². The van der Waals surface area contributed by atoms with Crippen LogP contribution in [0, 0.1) is 0 Å². The van der Waals surface area contributed by atoms with Gasteiger partial charge in [0.05, 0.1) is 6.61 Å². The van der Waals surface area contributed by atoms with Crippen LogP contribution in [0.5, 0.6) is 5.75 Å². The van der Waals surface area contributed by atoms with Crippen LogP contribution < -0.4 is 4.74 Å². The van der Waals surface area contributed by atoms with Crippen LogP contribution in [0.25, 0.3) is 0 Å². The number of ether oxygens (including phenoxy) is 1. The molecular formula is C20H25NO3. The van der Waals surface area contributed by atoms with E-state index in [4.69, 9.17) is 9.84 Å². The van der Waals surface area contributed by atoms with Gasteiger partial charge in [0.1, 0.15) is 11.8 Å². The zero-order valence-electron chi connectivity index (χ0n) is 14.3. The maximum atomic E-state index is 10.9. The number of hydrogen-bond donors (Lipinski definition) is 1.